The van der Waals surface area contributed by atoms with Crippen molar-refractivity contribution in [1.82, 2.24) is 10.9 Å². The number of thiocarbonyl (C=S) groups is 1. The molecule has 8 heteroatoms. The zero-order valence-electron chi connectivity index (χ0n) is 8.45. The minimum absolute atomic E-state index is 0.105. The molecule has 1 rings (SSSR count). The normalized spacial score (nSPS) is 11.5. The van der Waals surface area contributed by atoms with Gasteiger partial charge < -0.3 is 0 Å². The van der Waals surface area contributed by atoms with Crippen molar-refractivity contribution in [2.24, 2.45) is 10.9 Å². The zero-order valence-corrected chi connectivity index (χ0v) is 9.27. The topological polar surface area (TPSA) is 62.4 Å². The van der Waals surface area contributed by atoms with Crippen molar-refractivity contribution in [3.05, 3.63) is 35.4 Å². The molecule has 0 bridgehead atoms. The van der Waals surface area contributed by atoms with Gasteiger partial charge >= 0.3 is 6.18 Å². The molecule has 4 N–H and O–H groups in total. The molecule has 4 nitrogen and oxygen atoms in total. The monoisotopic (exact) mass is 262 g/mol. The average molecular weight is 262 g/mol. The lowest BCUT2D eigenvalue weighted by atomic mass is 10.1. The second kappa shape index (κ2) is 5.60. The van der Waals surface area contributed by atoms with Crippen molar-refractivity contribution in [3.63, 3.8) is 0 Å². The van der Waals surface area contributed by atoms with Crippen LogP contribution >= 0.6 is 12.2 Å². The number of benzene rings is 1. The molecule has 0 saturated heterocycles. The van der Waals surface area contributed by atoms with Crippen molar-refractivity contribution in [1.29, 1.82) is 0 Å². The van der Waals surface area contributed by atoms with Gasteiger partial charge in [-0.25, -0.2) is 5.84 Å². The molecule has 0 aromatic heterocycles. The Morgan fingerprint density at radius 2 is 1.88 bits per heavy atom. The number of rotatable bonds is 2. The molecule has 0 amide bonds. The van der Waals surface area contributed by atoms with E-state index in [9.17, 15) is 13.2 Å². The molecule has 0 atom stereocenters. The van der Waals surface area contributed by atoms with E-state index in [2.05, 4.69) is 28.2 Å². The van der Waals surface area contributed by atoms with E-state index >= 15 is 0 Å². The quantitative estimate of drug-likeness (QED) is 0.326. The van der Waals surface area contributed by atoms with Gasteiger partial charge in [0.15, 0.2) is 0 Å². The Labute approximate surface area is 101 Å². The molecule has 1 aromatic carbocycles. The highest BCUT2D eigenvalue weighted by Crippen LogP contribution is 2.28. The standard InChI is InChI=1S/C9H9F3N4S/c10-9(11,12)7-3-1-6(2-4-7)5-14-16-8(17)15-13/h1-5H,13H2,(H2,15,16,17). The molecule has 0 aliphatic heterocycles. The zero-order chi connectivity index (χ0) is 12.9. The third kappa shape index (κ3) is 4.37. The van der Waals surface area contributed by atoms with Crippen molar-refractivity contribution in [2.75, 3.05) is 0 Å². The predicted octanol–water partition coefficient (Wildman–Crippen LogP) is 1.38. The smallest absolute Gasteiger partial charge is 0.300 e. The third-order valence-electron chi connectivity index (χ3n) is 1.75. The highest BCUT2D eigenvalue weighted by Gasteiger charge is 2.29. The van der Waals surface area contributed by atoms with Gasteiger partial charge in [-0.05, 0) is 29.9 Å². The highest BCUT2D eigenvalue weighted by molar-refractivity contribution is 7.80. The van der Waals surface area contributed by atoms with Crippen LogP contribution in [-0.2, 0) is 6.18 Å². The Hall–Kier alpha value is -1.67. The summed E-state index contributed by atoms with van der Waals surface area (Å²) in [5.41, 5.74) is 4.30. The summed E-state index contributed by atoms with van der Waals surface area (Å²) < 4.78 is 36.7. The van der Waals surface area contributed by atoms with Gasteiger partial charge in [-0.3, -0.25) is 10.9 Å². The lowest BCUT2D eigenvalue weighted by Gasteiger charge is -2.05. The molecule has 0 aliphatic carbocycles. The average Bonchev–Trinajstić information content (AvgIpc) is 2.28. The van der Waals surface area contributed by atoms with E-state index in [0.29, 0.717) is 5.56 Å². The first-order valence-corrected chi connectivity index (χ1v) is 4.81. The number of hydrazine groups is 1. The molecule has 0 spiro atoms. The van der Waals surface area contributed by atoms with Crippen LogP contribution in [0, 0.1) is 0 Å². The van der Waals surface area contributed by atoms with Gasteiger partial charge in [-0.2, -0.15) is 18.3 Å². The van der Waals surface area contributed by atoms with Gasteiger partial charge in [0.25, 0.3) is 0 Å². The summed E-state index contributed by atoms with van der Waals surface area (Å²) in [6.45, 7) is 0. The van der Waals surface area contributed by atoms with Gasteiger partial charge in [0, 0.05) is 0 Å². The second-order valence-corrected chi connectivity index (χ2v) is 3.37. The fraction of sp³-hybridized carbons (Fsp3) is 0.111. The number of nitrogens with one attached hydrogen (secondary N) is 2. The van der Waals surface area contributed by atoms with Gasteiger partial charge in [0.2, 0.25) is 5.11 Å². The Bertz CT molecular complexity index is 413. The molecule has 0 radical (unpaired) electrons. The molecule has 17 heavy (non-hydrogen) atoms. The summed E-state index contributed by atoms with van der Waals surface area (Å²) in [7, 11) is 0. The lowest BCUT2D eigenvalue weighted by molar-refractivity contribution is -0.137. The van der Waals surface area contributed by atoms with E-state index in [0.717, 1.165) is 12.1 Å². The summed E-state index contributed by atoms with van der Waals surface area (Å²) >= 11 is 4.63. The second-order valence-electron chi connectivity index (χ2n) is 2.96. The van der Waals surface area contributed by atoms with Crippen molar-refractivity contribution < 1.29 is 13.2 Å². The van der Waals surface area contributed by atoms with Crippen molar-refractivity contribution in [2.45, 2.75) is 6.18 Å². The molecular weight excluding hydrogens is 253 g/mol. The first-order chi connectivity index (χ1) is 7.93. The lowest BCUT2D eigenvalue weighted by Crippen LogP contribution is -2.37. The largest absolute Gasteiger partial charge is 0.416 e. The Balaban J connectivity index is 2.66. The van der Waals surface area contributed by atoms with Crippen LogP contribution in [0.15, 0.2) is 29.4 Å². The number of nitrogens with zero attached hydrogens (tertiary/aromatic N) is 1. The van der Waals surface area contributed by atoms with Crippen LogP contribution < -0.4 is 16.7 Å². The number of hydrazone groups is 1. The van der Waals surface area contributed by atoms with Crippen LogP contribution in [0.4, 0.5) is 13.2 Å². The number of hydrogen-bond acceptors (Lipinski definition) is 3. The van der Waals surface area contributed by atoms with Crippen LogP contribution in [0.25, 0.3) is 0 Å². The third-order valence-corrected chi connectivity index (χ3v) is 1.96. The summed E-state index contributed by atoms with van der Waals surface area (Å²) in [6, 6.07) is 4.54. The summed E-state index contributed by atoms with van der Waals surface area (Å²) in [5, 5.41) is 3.77. The van der Waals surface area contributed by atoms with E-state index < -0.39 is 11.7 Å². The van der Waals surface area contributed by atoms with E-state index in [1.54, 1.807) is 0 Å². The van der Waals surface area contributed by atoms with Crippen molar-refractivity contribution in [3.8, 4) is 0 Å². The molecule has 0 unspecified atom stereocenters. The van der Waals surface area contributed by atoms with E-state index in [1.807, 2.05) is 0 Å². The highest BCUT2D eigenvalue weighted by atomic mass is 32.1. The van der Waals surface area contributed by atoms with Crippen LogP contribution in [0.5, 0.6) is 0 Å². The minimum Gasteiger partial charge on any atom is -0.300 e. The Kier molecular flexibility index (Phi) is 4.41. The minimum atomic E-state index is -4.33. The Morgan fingerprint density at radius 3 is 2.35 bits per heavy atom. The maximum atomic E-state index is 12.2. The molecular formula is C9H9F3N4S. The number of alkyl halides is 3. The number of hydrogen-bond donors (Lipinski definition) is 3. The van der Waals surface area contributed by atoms with Crippen LogP contribution in [-0.4, -0.2) is 11.3 Å². The maximum Gasteiger partial charge on any atom is 0.416 e. The summed E-state index contributed by atoms with van der Waals surface area (Å²) in [4.78, 5) is 0. The fourth-order valence-electron chi connectivity index (χ4n) is 0.956. The molecule has 1 aromatic rings. The van der Waals surface area contributed by atoms with Crippen LogP contribution in [0.1, 0.15) is 11.1 Å². The van der Waals surface area contributed by atoms with Gasteiger partial charge in [-0.15, -0.1) is 0 Å². The Morgan fingerprint density at radius 1 is 1.29 bits per heavy atom. The maximum absolute atomic E-state index is 12.2. The van der Waals surface area contributed by atoms with Gasteiger partial charge in [0.05, 0.1) is 11.8 Å². The van der Waals surface area contributed by atoms with Crippen LogP contribution in [0.2, 0.25) is 0 Å². The van der Waals surface area contributed by atoms with E-state index in [1.165, 1.54) is 18.3 Å². The SMILES string of the molecule is NNC(=S)NN=Cc1ccc(C(F)(F)F)cc1. The predicted molar refractivity (Wildman–Crippen MR) is 62.1 cm³/mol. The van der Waals surface area contributed by atoms with E-state index in [4.69, 9.17) is 5.84 Å². The molecule has 92 valence electrons. The van der Waals surface area contributed by atoms with Gasteiger partial charge in [0.1, 0.15) is 0 Å². The number of halogens is 3. The van der Waals surface area contributed by atoms with E-state index in [-0.39, 0.29) is 5.11 Å². The molecule has 0 heterocycles. The molecule has 0 saturated carbocycles. The van der Waals surface area contributed by atoms with Crippen LogP contribution in [0.3, 0.4) is 0 Å². The molecule has 0 aliphatic rings. The van der Waals surface area contributed by atoms with Crippen molar-refractivity contribution >= 4 is 23.5 Å². The summed E-state index contributed by atoms with van der Waals surface area (Å²) in [5.74, 6) is 4.97. The van der Waals surface area contributed by atoms with Gasteiger partial charge in [-0.1, -0.05) is 12.1 Å². The first-order valence-electron chi connectivity index (χ1n) is 4.40. The fourth-order valence-corrected chi connectivity index (χ4v) is 1.01. The number of nitrogens with two attached hydrogens (primary N) is 1. The summed E-state index contributed by atoms with van der Waals surface area (Å²) in [6.07, 6.45) is -3.01. The first kappa shape index (κ1) is 13.4. The molecule has 0 fully saturated rings.